The smallest absolute Gasteiger partial charge is 0.406 e. The van der Waals surface area contributed by atoms with E-state index in [4.69, 9.17) is 4.74 Å². The predicted molar refractivity (Wildman–Crippen MR) is 97.0 cm³/mol. The van der Waals surface area contributed by atoms with Crippen LogP contribution in [0, 0.1) is 0 Å². The van der Waals surface area contributed by atoms with Gasteiger partial charge in [0.1, 0.15) is 12.3 Å². The van der Waals surface area contributed by atoms with Crippen molar-refractivity contribution >= 4 is 29.4 Å². The van der Waals surface area contributed by atoms with Crippen molar-refractivity contribution in [2.45, 2.75) is 17.2 Å². The van der Waals surface area contributed by atoms with Gasteiger partial charge in [0.2, 0.25) is 0 Å². The molecule has 0 aliphatic carbocycles. The minimum Gasteiger partial charge on any atom is -0.484 e. The highest BCUT2D eigenvalue weighted by atomic mass is 32.2. The fourth-order valence-electron chi connectivity index (χ4n) is 2.26. The molecule has 0 N–H and O–H groups in total. The van der Waals surface area contributed by atoms with Crippen molar-refractivity contribution in [3.8, 4) is 5.75 Å². The van der Waals surface area contributed by atoms with Crippen LogP contribution in [0.25, 0.3) is 0 Å². The van der Waals surface area contributed by atoms with E-state index in [1.165, 1.54) is 18.1 Å². The van der Waals surface area contributed by atoms with Gasteiger partial charge < -0.3 is 9.64 Å². The molecule has 138 valence electrons. The van der Waals surface area contributed by atoms with Crippen LogP contribution >= 0.6 is 23.5 Å². The molecule has 8 heteroatoms. The van der Waals surface area contributed by atoms with Gasteiger partial charge in [-0.05, 0) is 35.6 Å². The van der Waals surface area contributed by atoms with Crippen LogP contribution in [0.5, 0.6) is 5.75 Å². The first-order chi connectivity index (χ1) is 11.9. The van der Waals surface area contributed by atoms with Crippen LogP contribution in [-0.4, -0.2) is 48.2 Å². The van der Waals surface area contributed by atoms with E-state index in [9.17, 15) is 18.0 Å². The molecule has 0 spiro atoms. The van der Waals surface area contributed by atoms with Crippen LogP contribution in [0.3, 0.4) is 0 Å². The average molecular weight is 391 g/mol. The van der Waals surface area contributed by atoms with E-state index in [1.54, 1.807) is 12.1 Å². The minimum atomic E-state index is -4.45. The number of hydrogen-bond donors (Lipinski definition) is 0. The average Bonchev–Trinajstić information content (AvgIpc) is 2.59. The van der Waals surface area contributed by atoms with Crippen molar-refractivity contribution in [2.75, 3.05) is 31.2 Å². The maximum Gasteiger partial charge on any atom is 0.406 e. The molecule has 2 rings (SSSR count). The van der Waals surface area contributed by atoms with Gasteiger partial charge in [0.25, 0.3) is 5.91 Å². The van der Waals surface area contributed by atoms with Gasteiger partial charge in [-0.3, -0.25) is 4.79 Å². The molecular weight excluding hydrogens is 371 g/mol. The highest BCUT2D eigenvalue weighted by Crippen LogP contribution is 2.43. The first kappa shape index (κ1) is 20.0. The molecule has 0 radical (unpaired) electrons. The zero-order valence-electron chi connectivity index (χ0n) is 13.6. The number of benzene rings is 1. The maximum atomic E-state index is 12.5. The third kappa shape index (κ3) is 6.86. The molecule has 3 nitrogen and oxygen atoms in total. The summed E-state index contributed by atoms with van der Waals surface area (Å²) < 4.78 is 43.3. The second-order valence-corrected chi connectivity index (χ2v) is 8.19. The lowest BCUT2D eigenvalue weighted by Crippen LogP contribution is -2.41. The monoisotopic (exact) mass is 391 g/mol. The summed E-state index contributed by atoms with van der Waals surface area (Å²) in [5, 5.41) is 0. The third-order valence-corrected chi connectivity index (χ3v) is 6.43. The van der Waals surface area contributed by atoms with Crippen LogP contribution in [-0.2, 0) is 4.79 Å². The number of carbonyl (C=O) groups is 1. The largest absolute Gasteiger partial charge is 0.484 e. The topological polar surface area (TPSA) is 29.5 Å². The number of halogens is 3. The predicted octanol–water partition coefficient (Wildman–Crippen LogP) is 4.51. The quantitative estimate of drug-likeness (QED) is 0.640. The summed E-state index contributed by atoms with van der Waals surface area (Å²) >= 11 is 3.80. The molecule has 0 bridgehead atoms. The molecule has 1 fully saturated rings. The van der Waals surface area contributed by atoms with E-state index in [2.05, 4.69) is 6.58 Å². The molecule has 0 unspecified atom stereocenters. The van der Waals surface area contributed by atoms with Crippen molar-refractivity contribution in [1.82, 2.24) is 4.90 Å². The zero-order chi connectivity index (χ0) is 18.3. The maximum absolute atomic E-state index is 12.5. The van der Waals surface area contributed by atoms with Gasteiger partial charge in [0, 0.05) is 6.54 Å². The van der Waals surface area contributed by atoms with E-state index in [1.807, 2.05) is 35.7 Å². The number of nitrogens with zero attached hydrogens (tertiary/aromatic N) is 1. The number of ether oxygens (including phenoxy) is 1. The SMILES string of the molecule is C=CCN(CC(F)(F)F)C(=O)COc1ccc(C2SCCCS2)cc1. The summed E-state index contributed by atoms with van der Waals surface area (Å²) in [5.74, 6) is 2.03. The Bertz CT molecular complexity index is 572. The van der Waals surface area contributed by atoms with Crippen molar-refractivity contribution in [2.24, 2.45) is 0 Å². The Kier molecular flexibility index (Phi) is 7.56. The molecule has 1 saturated heterocycles. The molecular formula is C17H20F3NO2S2. The number of rotatable bonds is 7. The lowest BCUT2D eigenvalue weighted by atomic mass is 10.2. The van der Waals surface area contributed by atoms with E-state index in [0.717, 1.165) is 11.5 Å². The Morgan fingerprint density at radius 2 is 1.92 bits per heavy atom. The van der Waals surface area contributed by atoms with Gasteiger partial charge in [-0.2, -0.15) is 13.2 Å². The first-order valence-corrected chi connectivity index (χ1v) is 9.90. The molecule has 25 heavy (non-hydrogen) atoms. The van der Waals surface area contributed by atoms with E-state index in [-0.39, 0.29) is 6.54 Å². The van der Waals surface area contributed by atoms with Crippen molar-refractivity contribution in [3.63, 3.8) is 0 Å². The molecule has 0 aromatic heterocycles. The summed E-state index contributed by atoms with van der Waals surface area (Å²) in [6.07, 6.45) is -1.97. The summed E-state index contributed by atoms with van der Waals surface area (Å²) in [6.45, 7) is 1.47. The zero-order valence-corrected chi connectivity index (χ0v) is 15.3. The molecule has 1 aromatic rings. The van der Waals surface area contributed by atoms with Crippen LogP contribution in [0.4, 0.5) is 13.2 Å². The van der Waals surface area contributed by atoms with Crippen molar-refractivity contribution < 1.29 is 22.7 Å². The fourth-order valence-corrected chi connectivity index (χ4v) is 5.16. The van der Waals surface area contributed by atoms with Gasteiger partial charge in [-0.1, -0.05) is 18.2 Å². The first-order valence-electron chi connectivity index (χ1n) is 7.80. The minimum absolute atomic E-state index is 0.170. The second-order valence-electron chi connectivity index (χ2n) is 5.46. The van der Waals surface area contributed by atoms with Gasteiger partial charge >= 0.3 is 6.18 Å². The van der Waals surface area contributed by atoms with E-state index >= 15 is 0 Å². The van der Waals surface area contributed by atoms with Crippen LogP contribution in [0.2, 0.25) is 0 Å². The third-order valence-electron chi connectivity index (χ3n) is 3.41. The molecule has 1 aromatic carbocycles. The molecule has 0 saturated carbocycles. The highest BCUT2D eigenvalue weighted by Gasteiger charge is 2.32. The summed E-state index contributed by atoms with van der Waals surface area (Å²) in [6, 6.07) is 7.37. The molecule has 1 heterocycles. The van der Waals surface area contributed by atoms with Gasteiger partial charge in [-0.25, -0.2) is 0 Å². The molecule has 1 aliphatic heterocycles. The van der Waals surface area contributed by atoms with Crippen LogP contribution in [0.15, 0.2) is 36.9 Å². The Labute approximate surface area is 154 Å². The van der Waals surface area contributed by atoms with Gasteiger partial charge in [0.15, 0.2) is 6.61 Å². The lowest BCUT2D eigenvalue weighted by Gasteiger charge is -2.23. The van der Waals surface area contributed by atoms with Crippen LogP contribution < -0.4 is 4.74 Å². The number of carbonyl (C=O) groups excluding carboxylic acids is 1. The molecule has 1 amide bonds. The van der Waals surface area contributed by atoms with Crippen molar-refractivity contribution in [3.05, 3.63) is 42.5 Å². The Morgan fingerprint density at radius 3 is 2.48 bits per heavy atom. The number of thioether (sulfide) groups is 2. The Morgan fingerprint density at radius 1 is 1.28 bits per heavy atom. The lowest BCUT2D eigenvalue weighted by molar-refractivity contribution is -0.161. The van der Waals surface area contributed by atoms with E-state index < -0.39 is 25.2 Å². The Balaban J connectivity index is 1.88. The van der Waals surface area contributed by atoms with E-state index in [0.29, 0.717) is 15.2 Å². The normalized spacial score (nSPS) is 15.6. The number of amides is 1. The summed E-state index contributed by atoms with van der Waals surface area (Å²) in [5.41, 5.74) is 1.18. The fraction of sp³-hybridized carbons (Fsp3) is 0.471. The summed E-state index contributed by atoms with van der Waals surface area (Å²) in [7, 11) is 0. The highest BCUT2D eigenvalue weighted by molar-refractivity contribution is 8.16. The molecule has 1 aliphatic rings. The number of hydrogen-bond acceptors (Lipinski definition) is 4. The second kappa shape index (κ2) is 9.43. The van der Waals surface area contributed by atoms with Crippen LogP contribution in [0.1, 0.15) is 16.6 Å². The van der Waals surface area contributed by atoms with Gasteiger partial charge in [-0.15, -0.1) is 30.1 Å². The van der Waals surface area contributed by atoms with Crippen molar-refractivity contribution in [1.29, 1.82) is 0 Å². The summed E-state index contributed by atoms with van der Waals surface area (Å²) in [4.78, 5) is 12.6. The Hall–Kier alpha value is -1.28. The molecule has 0 atom stereocenters. The standard InChI is InChI=1S/C17H20F3NO2S2/c1-2-8-21(12-17(18,19)20)15(22)11-23-14-6-4-13(5-7-14)16-24-9-3-10-25-16/h2,4-7,16H,1,3,8-12H2. The number of alkyl halides is 3. The van der Waals surface area contributed by atoms with Gasteiger partial charge in [0.05, 0.1) is 4.58 Å².